The van der Waals surface area contributed by atoms with Crippen LogP contribution in [-0.4, -0.2) is 34.6 Å². The lowest BCUT2D eigenvalue weighted by Gasteiger charge is -2.31. The molecule has 0 bridgehead atoms. The molecule has 0 aliphatic carbocycles. The number of ether oxygens (including phenoxy) is 1. The van der Waals surface area contributed by atoms with Crippen LogP contribution in [0.3, 0.4) is 0 Å². The molecule has 4 aromatic rings. The van der Waals surface area contributed by atoms with Crippen molar-refractivity contribution in [2.75, 3.05) is 16.8 Å². The van der Waals surface area contributed by atoms with Crippen molar-refractivity contribution in [3.05, 3.63) is 103 Å². The molecule has 1 aromatic heterocycles. The van der Waals surface area contributed by atoms with Crippen molar-refractivity contribution >= 4 is 63.8 Å². The van der Waals surface area contributed by atoms with Gasteiger partial charge in [0, 0.05) is 27.1 Å². The van der Waals surface area contributed by atoms with E-state index in [2.05, 4.69) is 10.3 Å². The third-order valence-electron chi connectivity index (χ3n) is 6.81. The first-order chi connectivity index (χ1) is 19.3. The van der Waals surface area contributed by atoms with E-state index in [-0.39, 0.29) is 29.2 Å². The second-order valence-corrected chi connectivity index (χ2v) is 12.1. The van der Waals surface area contributed by atoms with Crippen LogP contribution in [0.2, 0.25) is 5.02 Å². The molecule has 0 spiro atoms. The summed E-state index contributed by atoms with van der Waals surface area (Å²) in [5, 5.41) is 2.99. The van der Waals surface area contributed by atoms with Crippen LogP contribution >= 0.6 is 34.7 Å². The summed E-state index contributed by atoms with van der Waals surface area (Å²) in [7, 11) is 0. The Hall–Kier alpha value is -3.86. The number of benzene rings is 3. The molecule has 1 fully saturated rings. The van der Waals surface area contributed by atoms with Gasteiger partial charge in [0.05, 0.1) is 16.6 Å². The Morgan fingerprint density at radius 3 is 2.60 bits per heavy atom. The number of rotatable bonds is 6. The number of hydrogen-bond donors (Lipinski definition) is 2. The summed E-state index contributed by atoms with van der Waals surface area (Å²) in [6, 6.07) is 21.1. The summed E-state index contributed by atoms with van der Waals surface area (Å²) >= 11 is 8.60. The largest absolute Gasteiger partial charge is 0.483 e. The van der Waals surface area contributed by atoms with Gasteiger partial charge in [-0.3, -0.25) is 19.2 Å². The molecule has 40 heavy (non-hydrogen) atoms. The number of aromatic nitrogens is 1. The Balaban J connectivity index is 1.36. The Bertz CT molecular complexity index is 1700. The summed E-state index contributed by atoms with van der Waals surface area (Å²) in [4.78, 5) is 57.0. The lowest BCUT2D eigenvalue weighted by Crippen LogP contribution is -2.32. The molecule has 2 aliphatic rings. The number of halogens is 1. The maximum atomic E-state index is 13.9. The highest BCUT2D eigenvalue weighted by Gasteiger charge is 2.56. The number of carbonyl (C=O) groups is 3. The van der Waals surface area contributed by atoms with Crippen LogP contribution in [0.15, 0.2) is 82.6 Å². The number of hydrogen-bond acceptors (Lipinski definition) is 7. The highest BCUT2D eigenvalue weighted by Crippen LogP contribution is 2.54. The lowest BCUT2D eigenvalue weighted by molar-refractivity contribution is -0.122. The van der Waals surface area contributed by atoms with E-state index in [1.54, 1.807) is 48.5 Å². The molecule has 3 heterocycles. The molecule has 0 radical (unpaired) electrons. The molecule has 3 aromatic carbocycles. The molecule has 3 unspecified atom stereocenters. The molecule has 1 saturated heterocycles. The summed E-state index contributed by atoms with van der Waals surface area (Å²) in [5.74, 6) is -2.24. The predicted octanol–water partition coefficient (Wildman–Crippen LogP) is 5.21. The average Bonchev–Trinajstić information content (AvgIpc) is 3.42. The first-order valence-electron chi connectivity index (χ1n) is 12.4. The van der Waals surface area contributed by atoms with Crippen molar-refractivity contribution < 1.29 is 19.1 Å². The number of amides is 3. The first-order valence-corrected chi connectivity index (χ1v) is 14.5. The van der Waals surface area contributed by atoms with Crippen molar-refractivity contribution in [2.45, 2.75) is 23.1 Å². The number of fused-ring (bicyclic) bond motifs is 2. The van der Waals surface area contributed by atoms with Gasteiger partial charge < -0.3 is 15.0 Å². The molecule has 3 amide bonds. The molecule has 0 saturated carbocycles. The fourth-order valence-electron chi connectivity index (χ4n) is 5.14. The van der Waals surface area contributed by atoms with Crippen molar-refractivity contribution in [3.63, 3.8) is 0 Å². The van der Waals surface area contributed by atoms with Crippen LogP contribution in [0.5, 0.6) is 5.75 Å². The second kappa shape index (κ2) is 10.6. The molecule has 3 atom stereocenters. The topological polar surface area (TPSA) is 109 Å². The lowest BCUT2D eigenvalue weighted by atomic mass is 9.82. The van der Waals surface area contributed by atoms with Gasteiger partial charge in [0.2, 0.25) is 11.8 Å². The van der Waals surface area contributed by atoms with E-state index in [0.717, 1.165) is 16.9 Å². The SMILES string of the molecule is Cc1cccc(NC(=O)COc2ccc(Cl)cc2C2c3sc(=O)[nH]c3SC3C(=O)N(c4ccccc4)C(=O)C32)c1. The summed E-state index contributed by atoms with van der Waals surface area (Å²) < 4.78 is 5.98. The smallest absolute Gasteiger partial charge is 0.305 e. The monoisotopic (exact) mass is 591 g/mol. The van der Waals surface area contributed by atoms with Crippen LogP contribution < -0.4 is 19.8 Å². The number of aryl methyl sites for hydroxylation is 1. The molecule has 6 rings (SSSR count). The zero-order chi connectivity index (χ0) is 28.0. The summed E-state index contributed by atoms with van der Waals surface area (Å²) in [6.45, 7) is 1.64. The van der Waals surface area contributed by atoms with Gasteiger partial charge in [-0.05, 0) is 55.0 Å². The summed E-state index contributed by atoms with van der Waals surface area (Å²) in [6.07, 6.45) is 0. The van der Waals surface area contributed by atoms with Crippen LogP contribution in [0, 0.1) is 12.8 Å². The molecule has 202 valence electrons. The van der Waals surface area contributed by atoms with Gasteiger partial charge in [0.25, 0.3) is 5.91 Å². The fourth-order valence-corrected chi connectivity index (χ4v) is 7.83. The zero-order valence-corrected chi connectivity index (χ0v) is 23.4. The van der Waals surface area contributed by atoms with E-state index < -0.39 is 17.1 Å². The Morgan fingerprint density at radius 1 is 1.02 bits per heavy atom. The number of thiazole rings is 1. The minimum atomic E-state index is -0.807. The Morgan fingerprint density at radius 2 is 1.82 bits per heavy atom. The van der Waals surface area contributed by atoms with Gasteiger partial charge in [-0.25, -0.2) is 4.90 Å². The van der Waals surface area contributed by atoms with E-state index in [1.165, 1.54) is 16.7 Å². The van der Waals surface area contributed by atoms with Gasteiger partial charge in [-0.15, -0.1) is 0 Å². The second-order valence-electron chi connectivity index (χ2n) is 9.49. The Labute approximate surface area is 242 Å². The molecular weight excluding hydrogens is 570 g/mol. The number of imide groups is 1. The molecule has 2 N–H and O–H groups in total. The number of carbonyl (C=O) groups excluding carboxylic acids is 3. The maximum Gasteiger partial charge on any atom is 0.305 e. The first kappa shape index (κ1) is 26.4. The average molecular weight is 592 g/mol. The Kier molecular flexibility index (Phi) is 6.99. The third-order valence-corrected chi connectivity index (χ3v) is 9.44. The quantitative estimate of drug-likeness (QED) is 0.298. The van der Waals surface area contributed by atoms with Crippen LogP contribution in [-0.2, 0) is 14.4 Å². The maximum absolute atomic E-state index is 13.9. The highest BCUT2D eigenvalue weighted by atomic mass is 35.5. The minimum Gasteiger partial charge on any atom is -0.483 e. The number of nitrogens with one attached hydrogen (secondary N) is 2. The van der Waals surface area contributed by atoms with E-state index in [4.69, 9.17) is 16.3 Å². The van der Waals surface area contributed by atoms with E-state index >= 15 is 0 Å². The van der Waals surface area contributed by atoms with E-state index in [1.807, 2.05) is 31.2 Å². The summed E-state index contributed by atoms with van der Waals surface area (Å²) in [5.41, 5.74) is 2.66. The number of H-pyrrole nitrogens is 1. The van der Waals surface area contributed by atoms with Gasteiger partial charge in [-0.2, -0.15) is 0 Å². The fraction of sp³-hybridized carbons (Fsp3) is 0.172. The van der Waals surface area contributed by atoms with Crippen LogP contribution in [0.1, 0.15) is 21.9 Å². The van der Waals surface area contributed by atoms with Crippen molar-refractivity contribution in [1.82, 2.24) is 4.98 Å². The third kappa shape index (κ3) is 4.83. The molecule has 11 heteroatoms. The van der Waals surface area contributed by atoms with Crippen molar-refractivity contribution in [1.29, 1.82) is 0 Å². The normalized spacial score (nSPS) is 19.8. The van der Waals surface area contributed by atoms with E-state index in [0.29, 0.717) is 37.6 Å². The standard InChI is InChI=1S/C29H22ClN3O5S2/c1-15-6-5-7-17(12-15)31-21(34)14-38-20-11-10-16(30)13-19(20)22-23-25(39-26-24(22)40-29(37)32-26)28(36)33(27(23)35)18-8-3-2-4-9-18/h2-13,22-23,25H,14H2,1H3,(H,31,34)(H,32,37). The minimum absolute atomic E-state index is 0.288. The molecule has 8 nitrogen and oxygen atoms in total. The van der Waals surface area contributed by atoms with Gasteiger partial charge in [0.1, 0.15) is 11.0 Å². The number of aromatic amines is 1. The van der Waals surface area contributed by atoms with Crippen molar-refractivity contribution in [3.8, 4) is 5.75 Å². The zero-order valence-electron chi connectivity index (χ0n) is 21.1. The van der Waals surface area contributed by atoms with Gasteiger partial charge in [-0.1, -0.05) is 65.0 Å². The molecule has 2 aliphatic heterocycles. The van der Waals surface area contributed by atoms with Crippen LogP contribution in [0.4, 0.5) is 11.4 Å². The predicted molar refractivity (Wildman–Crippen MR) is 156 cm³/mol. The van der Waals surface area contributed by atoms with Crippen LogP contribution in [0.25, 0.3) is 0 Å². The van der Waals surface area contributed by atoms with Gasteiger partial charge >= 0.3 is 4.87 Å². The van der Waals surface area contributed by atoms with Crippen molar-refractivity contribution in [2.24, 2.45) is 5.92 Å². The number of nitrogens with zero attached hydrogens (tertiary/aromatic N) is 1. The number of para-hydroxylation sites is 1. The van der Waals surface area contributed by atoms with E-state index in [9.17, 15) is 19.2 Å². The molecular formula is C29H22ClN3O5S2. The van der Waals surface area contributed by atoms with Gasteiger partial charge in [0.15, 0.2) is 6.61 Å². The highest BCUT2D eigenvalue weighted by molar-refractivity contribution is 8.00. The number of thioether (sulfide) groups is 1. The number of anilines is 2.